The van der Waals surface area contributed by atoms with Crippen LogP contribution in [0.15, 0.2) is 53.9 Å². The fourth-order valence-electron chi connectivity index (χ4n) is 2.76. The predicted octanol–water partition coefficient (Wildman–Crippen LogP) is 3.54. The molecule has 8 nitrogen and oxygen atoms in total. The van der Waals surface area contributed by atoms with Gasteiger partial charge >= 0.3 is 0 Å². The molecule has 2 N–H and O–H groups in total. The van der Waals surface area contributed by atoms with E-state index >= 15 is 0 Å². The Labute approximate surface area is 169 Å². The maximum absolute atomic E-state index is 12.4. The summed E-state index contributed by atoms with van der Waals surface area (Å²) in [6, 6.07) is 15.8. The van der Waals surface area contributed by atoms with Gasteiger partial charge in [0.2, 0.25) is 10.9 Å². The zero-order valence-electron chi connectivity index (χ0n) is 15.2. The van der Waals surface area contributed by atoms with Crippen molar-refractivity contribution >= 4 is 39.7 Å². The van der Waals surface area contributed by atoms with E-state index in [1.165, 1.54) is 24.3 Å². The number of carbonyl (C=O) groups excluding carboxylic acids is 2. The minimum absolute atomic E-state index is 0.132. The molecule has 4 rings (SSSR count). The third-order valence-electron chi connectivity index (χ3n) is 4.06. The first-order chi connectivity index (χ1) is 14.0. The number of hydrogen-bond acceptors (Lipinski definition) is 6. The lowest BCUT2D eigenvalue weighted by Gasteiger charge is -2.04. The highest BCUT2D eigenvalue weighted by atomic mass is 32.1. The molecule has 0 saturated heterocycles. The van der Waals surface area contributed by atoms with Gasteiger partial charge in [-0.25, -0.2) is 4.52 Å². The van der Waals surface area contributed by atoms with E-state index in [0.717, 1.165) is 11.3 Å². The molecule has 4 aromatic rings. The van der Waals surface area contributed by atoms with Crippen molar-refractivity contribution in [1.82, 2.24) is 14.6 Å². The second-order valence-electron chi connectivity index (χ2n) is 6.16. The van der Waals surface area contributed by atoms with Crippen LogP contribution in [-0.2, 0) is 4.79 Å². The van der Waals surface area contributed by atoms with Gasteiger partial charge in [0.15, 0.2) is 0 Å². The normalized spacial score (nSPS) is 10.5. The van der Waals surface area contributed by atoms with Gasteiger partial charge in [-0.15, -0.1) is 16.4 Å². The van der Waals surface area contributed by atoms with Crippen molar-refractivity contribution in [3.63, 3.8) is 0 Å². The van der Waals surface area contributed by atoms with Crippen molar-refractivity contribution in [1.29, 1.82) is 5.26 Å². The number of benzene rings is 2. The zero-order chi connectivity index (χ0) is 20.4. The molecule has 0 aliphatic heterocycles. The molecule has 2 aromatic heterocycles. The summed E-state index contributed by atoms with van der Waals surface area (Å²) in [6.07, 6.45) is 0. The smallest absolute Gasteiger partial charge is 0.258 e. The number of aromatic nitrogens is 3. The number of carbonyl (C=O) groups is 2. The van der Waals surface area contributed by atoms with Gasteiger partial charge in [0.05, 0.1) is 17.3 Å². The quantitative estimate of drug-likeness (QED) is 0.542. The Kier molecular flexibility index (Phi) is 4.76. The molecular weight excluding hydrogens is 388 g/mol. The van der Waals surface area contributed by atoms with Gasteiger partial charge in [0, 0.05) is 29.1 Å². The monoisotopic (exact) mass is 402 g/mol. The second kappa shape index (κ2) is 7.53. The lowest BCUT2D eigenvalue weighted by atomic mass is 10.1. The standard InChI is InChI=1S/C20H14N6O2S/c1-12(27)22-16-7-5-14(6-8-16)17-11-29-20-24-19(25-26(17)20)23-18(28)15-4-2-3-13(9-15)10-21/h2-9,11H,1H3,(H,22,27)(H,23,25,28). The van der Waals surface area contributed by atoms with Crippen molar-refractivity contribution in [2.75, 3.05) is 10.6 Å². The highest BCUT2D eigenvalue weighted by molar-refractivity contribution is 7.15. The van der Waals surface area contributed by atoms with Gasteiger partial charge in [-0.1, -0.05) is 18.2 Å². The molecule has 0 saturated carbocycles. The van der Waals surface area contributed by atoms with E-state index in [1.807, 2.05) is 35.7 Å². The third kappa shape index (κ3) is 3.83. The molecule has 0 spiro atoms. The number of hydrogen-bond donors (Lipinski definition) is 2. The summed E-state index contributed by atoms with van der Waals surface area (Å²) >= 11 is 1.40. The average Bonchev–Trinajstić information content (AvgIpc) is 3.28. The Morgan fingerprint density at radius 1 is 1.14 bits per heavy atom. The van der Waals surface area contributed by atoms with Crippen LogP contribution < -0.4 is 10.6 Å². The van der Waals surface area contributed by atoms with Crippen LogP contribution in [0.25, 0.3) is 16.2 Å². The van der Waals surface area contributed by atoms with Gasteiger partial charge in [-0.05, 0) is 30.3 Å². The van der Waals surface area contributed by atoms with Crippen molar-refractivity contribution < 1.29 is 9.59 Å². The van der Waals surface area contributed by atoms with Crippen LogP contribution in [-0.4, -0.2) is 26.4 Å². The van der Waals surface area contributed by atoms with Gasteiger partial charge < -0.3 is 5.32 Å². The van der Waals surface area contributed by atoms with Crippen LogP contribution in [0.2, 0.25) is 0 Å². The van der Waals surface area contributed by atoms with E-state index in [2.05, 4.69) is 20.7 Å². The fraction of sp³-hybridized carbons (Fsp3) is 0.0500. The fourth-order valence-corrected chi connectivity index (χ4v) is 3.60. The molecule has 142 valence electrons. The molecule has 2 aromatic carbocycles. The number of nitrogens with zero attached hydrogens (tertiary/aromatic N) is 4. The number of anilines is 2. The van der Waals surface area contributed by atoms with Crippen LogP contribution in [0.1, 0.15) is 22.8 Å². The van der Waals surface area contributed by atoms with Gasteiger partial charge in [-0.2, -0.15) is 10.2 Å². The summed E-state index contributed by atoms with van der Waals surface area (Å²) in [6.45, 7) is 1.46. The van der Waals surface area contributed by atoms with Gasteiger partial charge in [0.25, 0.3) is 11.9 Å². The summed E-state index contributed by atoms with van der Waals surface area (Å²) in [7, 11) is 0. The van der Waals surface area contributed by atoms with Crippen molar-refractivity contribution in [3.8, 4) is 17.3 Å². The average molecular weight is 402 g/mol. The van der Waals surface area contributed by atoms with Gasteiger partial charge in [-0.3, -0.25) is 14.9 Å². The first-order valence-electron chi connectivity index (χ1n) is 8.57. The molecule has 0 aliphatic rings. The number of fused-ring (bicyclic) bond motifs is 1. The molecule has 2 amide bonds. The van der Waals surface area contributed by atoms with Crippen LogP contribution >= 0.6 is 11.3 Å². The SMILES string of the molecule is CC(=O)Nc1ccc(-c2csc3nc(NC(=O)c4cccc(C#N)c4)nn23)cc1. The Morgan fingerprint density at radius 2 is 1.93 bits per heavy atom. The molecule has 0 atom stereocenters. The van der Waals surface area contributed by atoms with Crippen LogP contribution in [0.4, 0.5) is 11.6 Å². The predicted molar refractivity (Wildman–Crippen MR) is 110 cm³/mol. The molecule has 0 bridgehead atoms. The van der Waals surface area contributed by atoms with Crippen LogP contribution in [0.5, 0.6) is 0 Å². The zero-order valence-corrected chi connectivity index (χ0v) is 16.0. The van der Waals surface area contributed by atoms with Gasteiger partial charge in [0.1, 0.15) is 0 Å². The molecule has 0 fully saturated rings. The Balaban J connectivity index is 1.58. The molecule has 29 heavy (non-hydrogen) atoms. The number of thiazole rings is 1. The number of rotatable bonds is 4. The topological polar surface area (TPSA) is 112 Å². The van der Waals surface area contributed by atoms with Crippen molar-refractivity contribution in [2.24, 2.45) is 0 Å². The summed E-state index contributed by atoms with van der Waals surface area (Å²) in [4.78, 5) is 28.5. The summed E-state index contributed by atoms with van der Waals surface area (Å²) in [5, 5.41) is 20.7. The summed E-state index contributed by atoms with van der Waals surface area (Å²) in [5.41, 5.74) is 3.19. The molecular formula is C20H14N6O2S. The molecule has 0 radical (unpaired) electrons. The van der Waals surface area contributed by atoms with Crippen molar-refractivity contribution in [3.05, 3.63) is 65.0 Å². The first kappa shape index (κ1) is 18.3. The number of amides is 2. The maximum Gasteiger partial charge on any atom is 0.258 e. The maximum atomic E-state index is 12.4. The summed E-state index contributed by atoms with van der Waals surface area (Å²) < 4.78 is 1.65. The lowest BCUT2D eigenvalue weighted by Crippen LogP contribution is -2.13. The van der Waals surface area contributed by atoms with Crippen molar-refractivity contribution in [2.45, 2.75) is 6.92 Å². The number of nitrogens with one attached hydrogen (secondary N) is 2. The van der Waals surface area contributed by atoms with E-state index in [4.69, 9.17) is 5.26 Å². The van der Waals surface area contributed by atoms with E-state index < -0.39 is 0 Å². The Hall–Kier alpha value is -4.03. The molecule has 0 unspecified atom stereocenters. The number of nitriles is 1. The largest absolute Gasteiger partial charge is 0.326 e. The van der Waals surface area contributed by atoms with Crippen LogP contribution in [0, 0.1) is 11.3 Å². The molecule has 9 heteroatoms. The highest BCUT2D eigenvalue weighted by Gasteiger charge is 2.14. The van der Waals surface area contributed by atoms with Crippen LogP contribution in [0.3, 0.4) is 0 Å². The van der Waals surface area contributed by atoms with E-state index in [0.29, 0.717) is 21.8 Å². The van der Waals surface area contributed by atoms with E-state index in [-0.39, 0.29) is 17.8 Å². The lowest BCUT2D eigenvalue weighted by molar-refractivity contribution is -0.114. The highest BCUT2D eigenvalue weighted by Crippen LogP contribution is 2.27. The molecule has 2 heterocycles. The minimum atomic E-state index is -0.387. The van der Waals surface area contributed by atoms with E-state index in [1.54, 1.807) is 22.7 Å². The Bertz CT molecular complexity index is 1270. The second-order valence-corrected chi connectivity index (χ2v) is 6.99. The minimum Gasteiger partial charge on any atom is -0.326 e. The summed E-state index contributed by atoms with van der Waals surface area (Å²) in [5.74, 6) is -0.338. The Morgan fingerprint density at radius 3 is 2.66 bits per heavy atom. The molecule has 0 aliphatic carbocycles. The van der Waals surface area contributed by atoms with E-state index in [9.17, 15) is 9.59 Å². The first-order valence-corrected chi connectivity index (χ1v) is 9.45. The third-order valence-corrected chi connectivity index (χ3v) is 4.88.